The molecule has 0 spiro atoms. The maximum Gasteiger partial charge on any atom is 0.123 e. The number of hydrogen-bond donors (Lipinski definition) is 1. The summed E-state index contributed by atoms with van der Waals surface area (Å²) in [5.74, 6) is 0.961. The highest BCUT2D eigenvalue weighted by molar-refractivity contribution is 5.36. The first-order valence-electron chi connectivity index (χ1n) is 8.67. The van der Waals surface area contributed by atoms with Gasteiger partial charge in [-0.25, -0.2) is 4.98 Å². The van der Waals surface area contributed by atoms with Gasteiger partial charge in [0.2, 0.25) is 0 Å². The third-order valence-electron chi connectivity index (χ3n) is 4.27. The van der Waals surface area contributed by atoms with Gasteiger partial charge in [-0.15, -0.1) is 0 Å². The van der Waals surface area contributed by atoms with Gasteiger partial charge in [-0.3, -0.25) is 4.90 Å². The van der Waals surface area contributed by atoms with Gasteiger partial charge >= 0.3 is 0 Å². The van der Waals surface area contributed by atoms with Crippen LogP contribution in [0.25, 0.3) is 0 Å². The maximum absolute atomic E-state index is 5.89. The van der Waals surface area contributed by atoms with E-state index in [1.807, 2.05) is 19.9 Å². The van der Waals surface area contributed by atoms with E-state index in [0.717, 1.165) is 44.8 Å². The van der Waals surface area contributed by atoms with E-state index in [4.69, 9.17) is 15.2 Å². The average Bonchev–Trinajstić information content (AvgIpc) is 3.03. The number of nitrogens with zero attached hydrogens (tertiary/aromatic N) is 2. The van der Waals surface area contributed by atoms with Crippen LogP contribution in [-0.4, -0.2) is 49.9 Å². The smallest absolute Gasteiger partial charge is 0.123 e. The molecule has 1 saturated heterocycles. The van der Waals surface area contributed by atoms with Crippen LogP contribution in [0.2, 0.25) is 0 Å². The minimum absolute atomic E-state index is 0.343. The summed E-state index contributed by atoms with van der Waals surface area (Å²) in [6.45, 7) is 9.75. The first-order chi connectivity index (χ1) is 11.2. The third kappa shape index (κ3) is 5.75. The van der Waals surface area contributed by atoms with Crippen LogP contribution < -0.4 is 5.73 Å². The van der Waals surface area contributed by atoms with Crippen molar-refractivity contribution in [3.05, 3.63) is 23.4 Å². The molecule has 1 fully saturated rings. The van der Waals surface area contributed by atoms with Gasteiger partial charge in [0.05, 0.1) is 18.4 Å². The Morgan fingerprint density at radius 2 is 2.09 bits per heavy atom. The van der Waals surface area contributed by atoms with Gasteiger partial charge in [-0.2, -0.15) is 0 Å². The van der Waals surface area contributed by atoms with Crippen LogP contribution in [0, 0.1) is 0 Å². The Bertz CT molecular complexity index is 454. The van der Waals surface area contributed by atoms with Crippen molar-refractivity contribution in [1.29, 1.82) is 0 Å². The Hall–Kier alpha value is -1.17. The van der Waals surface area contributed by atoms with E-state index in [2.05, 4.69) is 22.9 Å². The van der Waals surface area contributed by atoms with Gasteiger partial charge in [0.25, 0.3) is 0 Å². The van der Waals surface area contributed by atoms with Gasteiger partial charge in [-0.05, 0) is 24.5 Å². The summed E-state index contributed by atoms with van der Waals surface area (Å²) in [6, 6.07) is 3.99. The predicted molar refractivity (Wildman–Crippen MR) is 95.6 cm³/mol. The fourth-order valence-corrected chi connectivity index (χ4v) is 3.00. The highest BCUT2D eigenvalue weighted by Gasteiger charge is 2.24. The number of anilines is 1. The zero-order chi connectivity index (χ0) is 17.2. The predicted octanol–water partition coefficient (Wildman–Crippen LogP) is 3.05. The summed E-state index contributed by atoms with van der Waals surface area (Å²) < 4.78 is 10.8. The number of rotatable bonds is 7. The quantitative estimate of drug-likeness (QED) is 0.835. The Morgan fingerprint density at radius 1 is 1.35 bits per heavy atom. The lowest BCUT2D eigenvalue weighted by molar-refractivity contribution is 0.107. The molecule has 5 nitrogen and oxygen atoms in total. The molecular weight excluding hydrogens is 290 g/mol. The van der Waals surface area contributed by atoms with Crippen molar-refractivity contribution < 1.29 is 9.47 Å². The molecule has 1 aromatic rings. The zero-order valence-corrected chi connectivity index (χ0v) is 15.3. The molecule has 0 radical (unpaired) electrons. The molecule has 0 aromatic carbocycles. The van der Waals surface area contributed by atoms with E-state index in [-0.39, 0.29) is 0 Å². The van der Waals surface area contributed by atoms with Crippen molar-refractivity contribution in [2.75, 3.05) is 39.6 Å². The molecule has 1 aliphatic heterocycles. The molecule has 2 N–H and O–H groups in total. The second-order valence-corrected chi connectivity index (χ2v) is 5.71. The Labute approximate surface area is 141 Å². The van der Waals surface area contributed by atoms with Gasteiger partial charge in [0, 0.05) is 39.8 Å². The monoisotopic (exact) mass is 323 g/mol. The summed E-state index contributed by atoms with van der Waals surface area (Å²) >= 11 is 0. The van der Waals surface area contributed by atoms with Gasteiger partial charge in [0.1, 0.15) is 5.82 Å². The van der Waals surface area contributed by atoms with Crippen LogP contribution in [0.15, 0.2) is 12.1 Å². The number of nitrogens with two attached hydrogens (primary N) is 1. The summed E-state index contributed by atoms with van der Waals surface area (Å²) in [7, 11) is 3.53. The summed E-state index contributed by atoms with van der Waals surface area (Å²) in [6.07, 6.45) is 2.46. The molecule has 23 heavy (non-hydrogen) atoms. The second-order valence-electron chi connectivity index (χ2n) is 5.71. The number of aromatic nitrogens is 1. The minimum Gasteiger partial charge on any atom is -0.384 e. The molecule has 0 bridgehead atoms. The summed E-state index contributed by atoms with van der Waals surface area (Å²) in [4.78, 5) is 6.97. The van der Waals surface area contributed by atoms with Crippen LogP contribution >= 0.6 is 0 Å². The number of likely N-dealkylation sites (tertiary alicyclic amines) is 1. The standard InChI is InChI=1S/C16H27N3O2.C2H6/c1-4-12(11-20-2)14-5-6-16(17)18-15(14)10-19-8-7-13(9-19)21-3;1-2/h5-6,12-13H,4,7-11H2,1-3H3,(H2,17,18);1-2H3. The van der Waals surface area contributed by atoms with Crippen molar-refractivity contribution in [1.82, 2.24) is 9.88 Å². The molecular formula is C18H33N3O2. The van der Waals surface area contributed by atoms with Crippen molar-refractivity contribution in [2.45, 2.75) is 52.2 Å². The van der Waals surface area contributed by atoms with Crippen LogP contribution in [0.4, 0.5) is 5.82 Å². The normalized spacial score (nSPS) is 19.3. The molecule has 0 saturated carbocycles. The average molecular weight is 323 g/mol. The Kier molecular flexibility index (Phi) is 9.14. The fraction of sp³-hybridized carbons (Fsp3) is 0.722. The molecule has 0 aliphatic carbocycles. The van der Waals surface area contributed by atoms with Gasteiger partial charge < -0.3 is 15.2 Å². The van der Waals surface area contributed by atoms with E-state index < -0.39 is 0 Å². The van der Waals surface area contributed by atoms with Crippen molar-refractivity contribution >= 4 is 5.82 Å². The van der Waals surface area contributed by atoms with Crippen molar-refractivity contribution in [3.8, 4) is 0 Å². The zero-order valence-electron chi connectivity index (χ0n) is 15.3. The number of hydrogen-bond acceptors (Lipinski definition) is 5. The number of ether oxygens (including phenoxy) is 2. The van der Waals surface area contributed by atoms with E-state index in [1.54, 1.807) is 14.2 Å². The lowest BCUT2D eigenvalue weighted by Gasteiger charge is -2.21. The SMILES string of the molecule is CC.CCC(COC)c1ccc(N)nc1CN1CCC(OC)C1. The van der Waals surface area contributed by atoms with Gasteiger partial charge in [0.15, 0.2) is 0 Å². The van der Waals surface area contributed by atoms with Crippen LogP contribution in [-0.2, 0) is 16.0 Å². The Morgan fingerprint density at radius 3 is 2.65 bits per heavy atom. The Balaban J connectivity index is 0.00000127. The molecule has 2 unspecified atom stereocenters. The lowest BCUT2D eigenvalue weighted by atomic mass is 9.95. The fourth-order valence-electron chi connectivity index (χ4n) is 3.00. The van der Waals surface area contributed by atoms with E-state index in [9.17, 15) is 0 Å². The third-order valence-corrected chi connectivity index (χ3v) is 4.27. The van der Waals surface area contributed by atoms with E-state index >= 15 is 0 Å². The highest BCUT2D eigenvalue weighted by Crippen LogP contribution is 2.26. The lowest BCUT2D eigenvalue weighted by Crippen LogP contribution is -2.24. The van der Waals surface area contributed by atoms with Gasteiger partial charge in [-0.1, -0.05) is 26.8 Å². The topological polar surface area (TPSA) is 60.6 Å². The number of nitrogen functional groups attached to an aromatic ring is 1. The molecule has 2 heterocycles. The second kappa shape index (κ2) is 10.6. The molecule has 2 rings (SSSR count). The highest BCUT2D eigenvalue weighted by atomic mass is 16.5. The minimum atomic E-state index is 0.343. The number of methoxy groups -OCH3 is 2. The van der Waals surface area contributed by atoms with Crippen LogP contribution in [0.1, 0.15) is 50.8 Å². The maximum atomic E-state index is 5.89. The van der Waals surface area contributed by atoms with Crippen LogP contribution in [0.3, 0.4) is 0 Å². The van der Waals surface area contributed by atoms with Crippen molar-refractivity contribution in [2.24, 2.45) is 0 Å². The van der Waals surface area contributed by atoms with E-state index in [1.165, 1.54) is 5.56 Å². The van der Waals surface area contributed by atoms with Crippen molar-refractivity contribution in [3.63, 3.8) is 0 Å². The molecule has 0 amide bonds. The summed E-state index contributed by atoms with van der Waals surface area (Å²) in [5, 5.41) is 0. The van der Waals surface area contributed by atoms with E-state index in [0.29, 0.717) is 17.8 Å². The number of pyridine rings is 1. The summed E-state index contributed by atoms with van der Waals surface area (Å²) in [5.41, 5.74) is 8.22. The molecule has 132 valence electrons. The molecule has 5 heteroatoms. The molecule has 1 aromatic heterocycles. The first kappa shape index (κ1) is 19.9. The molecule has 2 atom stereocenters. The first-order valence-corrected chi connectivity index (χ1v) is 8.67. The van der Waals surface area contributed by atoms with Crippen LogP contribution in [0.5, 0.6) is 0 Å². The largest absolute Gasteiger partial charge is 0.384 e. The molecule has 1 aliphatic rings.